The first-order chi connectivity index (χ1) is 12.2. The Morgan fingerprint density at radius 2 is 1.60 bits per heavy atom. The molecule has 0 saturated heterocycles. The number of amidine groups is 1. The van der Waals surface area contributed by atoms with E-state index in [4.69, 9.17) is 4.99 Å². The Bertz CT molecular complexity index is 667. The third kappa shape index (κ3) is 2.81. The molecule has 0 amide bonds. The van der Waals surface area contributed by atoms with E-state index in [9.17, 15) is 5.21 Å². The second-order valence-corrected chi connectivity index (χ2v) is 9.15. The van der Waals surface area contributed by atoms with Crippen LogP contribution in [0, 0.1) is 30.6 Å². The predicted molar refractivity (Wildman–Crippen MR) is 99.8 cm³/mol. The zero-order valence-electron chi connectivity index (χ0n) is 15.3. The van der Waals surface area contributed by atoms with Crippen LogP contribution >= 0.6 is 0 Å². The molecule has 3 heteroatoms. The summed E-state index contributed by atoms with van der Waals surface area (Å²) < 4.78 is 0. The molecule has 25 heavy (non-hydrogen) atoms. The van der Waals surface area contributed by atoms with Crippen molar-refractivity contribution < 1.29 is 5.21 Å². The van der Waals surface area contributed by atoms with Gasteiger partial charge in [0.25, 0.3) is 0 Å². The molecule has 0 radical (unpaired) electrons. The number of hydrogen-bond acceptors (Lipinski definition) is 2. The van der Waals surface area contributed by atoms with Crippen LogP contribution in [0.2, 0.25) is 0 Å². The van der Waals surface area contributed by atoms with Crippen LogP contribution in [-0.2, 0) is 0 Å². The number of aliphatic imine (C=N–C) groups is 1. The fourth-order valence-corrected chi connectivity index (χ4v) is 6.16. The molecule has 0 aliphatic heterocycles. The summed E-state index contributed by atoms with van der Waals surface area (Å²) >= 11 is 0. The topological polar surface area (TPSA) is 35.8 Å². The van der Waals surface area contributed by atoms with Gasteiger partial charge in [-0.3, -0.25) is 10.2 Å². The molecule has 6 unspecified atom stereocenters. The minimum atomic E-state index is 0.275. The lowest BCUT2D eigenvalue weighted by Gasteiger charge is -2.33. The molecule has 1 aromatic carbocycles. The van der Waals surface area contributed by atoms with Gasteiger partial charge in [0, 0.05) is 5.56 Å². The van der Waals surface area contributed by atoms with Gasteiger partial charge in [-0.2, -0.15) is 0 Å². The third-order valence-electron chi connectivity index (χ3n) is 7.53. The van der Waals surface area contributed by atoms with E-state index in [0.29, 0.717) is 12.0 Å². The molecule has 4 aliphatic rings. The molecule has 0 spiro atoms. The molecule has 4 saturated carbocycles. The van der Waals surface area contributed by atoms with Crippen LogP contribution in [0.5, 0.6) is 0 Å². The summed E-state index contributed by atoms with van der Waals surface area (Å²) in [6.07, 6.45) is 10.4. The summed E-state index contributed by atoms with van der Waals surface area (Å²) in [7, 11) is 0. The highest BCUT2D eigenvalue weighted by Gasteiger charge is 2.44. The number of hydroxylamine groups is 2. The average molecular weight is 338 g/mol. The molecule has 134 valence electrons. The maximum atomic E-state index is 11.2. The second kappa shape index (κ2) is 6.12. The lowest BCUT2D eigenvalue weighted by molar-refractivity contribution is -0.0700. The molecule has 0 heterocycles. The van der Waals surface area contributed by atoms with E-state index in [1.807, 2.05) is 0 Å². The van der Waals surface area contributed by atoms with E-state index in [1.54, 1.807) is 5.06 Å². The number of hydrogen-bond donors (Lipinski definition) is 1. The van der Waals surface area contributed by atoms with E-state index in [1.165, 1.54) is 50.5 Å². The highest BCUT2D eigenvalue weighted by molar-refractivity contribution is 5.98. The van der Waals surface area contributed by atoms with Crippen molar-refractivity contribution in [1.82, 2.24) is 5.06 Å². The summed E-state index contributed by atoms with van der Waals surface area (Å²) in [6, 6.07) is 9.25. The fourth-order valence-electron chi connectivity index (χ4n) is 6.16. The maximum absolute atomic E-state index is 11.2. The minimum Gasteiger partial charge on any atom is -0.287 e. The molecule has 3 nitrogen and oxygen atoms in total. The Labute approximate surface area is 151 Å². The maximum Gasteiger partial charge on any atom is 0.155 e. The monoisotopic (exact) mass is 338 g/mol. The van der Waals surface area contributed by atoms with Crippen LogP contribution in [0.25, 0.3) is 0 Å². The number of rotatable bonds is 3. The molecule has 4 fully saturated rings. The van der Waals surface area contributed by atoms with E-state index in [2.05, 4.69) is 31.2 Å². The Morgan fingerprint density at radius 3 is 2.16 bits per heavy atom. The number of benzene rings is 1. The Balaban J connectivity index is 1.46. The van der Waals surface area contributed by atoms with Gasteiger partial charge in [0.2, 0.25) is 0 Å². The van der Waals surface area contributed by atoms with Crippen LogP contribution in [0.1, 0.15) is 62.5 Å². The Hall–Kier alpha value is -1.35. The normalized spacial score (nSPS) is 39.4. The quantitative estimate of drug-likeness (QED) is 0.488. The Morgan fingerprint density at radius 1 is 0.920 bits per heavy atom. The highest BCUT2D eigenvalue weighted by atomic mass is 16.5. The third-order valence-corrected chi connectivity index (χ3v) is 7.53. The zero-order chi connectivity index (χ0) is 17.0. The lowest BCUT2D eigenvalue weighted by atomic mass is 9.94. The summed E-state index contributed by atoms with van der Waals surface area (Å²) in [5.74, 6) is 3.96. The SMILES string of the molecule is Cc1ccc(C(=NC2CC3CCC2C3)N(O)C2CC3CCC2C3)cc1. The standard InChI is InChI=1S/C22H30N2O/c1-14-2-6-17(7-3-14)22(23-20-12-15-4-8-18(20)10-15)24(25)21-13-16-5-9-19(21)11-16/h2-3,6-7,15-16,18-21,25H,4-5,8-13H2,1H3. The molecule has 4 bridgehead atoms. The first kappa shape index (κ1) is 15.9. The molecule has 1 aromatic rings. The van der Waals surface area contributed by atoms with Crippen molar-refractivity contribution in [3.8, 4) is 0 Å². The van der Waals surface area contributed by atoms with E-state index >= 15 is 0 Å². The van der Waals surface area contributed by atoms with Crippen LogP contribution in [0.4, 0.5) is 0 Å². The van der Waals surface area contributed by atoms with Crippen molar-refractivity contribution in [3.63, 3.8) is 0 Å². The van der Waals surface area contributed by atoms with Crippen molar-refractivity contribution in [3.05, 3.63) is 35.4 Å². The van der Waals surface area contributed by atoms with Gasteiger partial charge in [-0.05, 0) is 69.1 Å². The van der Waals surface area contributed by atoms with Crippen molar-refractivity contribution >= 4 is 5.84 Å². The van der Waals surface area contributed by atoms with Crippen LogP contribution < -0.4 is 0 Å². The molecular formula is C22H30N2O. The van der Waals surface area contributed by atoms with Gasteiger partial charge in [-0.15, -0.1) is 0 Å². The molecule has 4 aliphatic carbocycles. The second-order valence-electron chi connectivity index (χ2n) is 9.15. The molecule has 0 aromatic heterocycles. The largest absolute Gasteiger partial charge is 0.287 e. The predicted octanol–water partition coefficient (Wildman–Crippen LogP) is 4.81. The Kier molecular flexibility index (Phi) is 3.89. The van der Waals surface area contributed by atoms with Crippen molar-refractivity contribution in [2.75, 3.05) is 0 Å². The zero-order valence-corrected chi connectivity index (χ0v) is 15.3. The van der Waals surface area contributed by atoms with Crippen LogP contribution in [-0.4, -0.2) is 28.2 Å². The average Bonchev–Trinajstić information content (AvgIpc) is 3.40. The highest BCUT2D eigenvalue weighted by Crippen LogP contribution is 2.48. The van der Waals surface area contributed by atoms with Gasteiger partial charge in [0.05, 0.1) is 12.1 Å². The van der Waals surface area contributed by atoms with Crippen molar-refractivity contribution in [2.24, 2.45) is 28.7 Å². The van der Waals surface area contributed by atoms with E-state index < -0.39 is 0 Å². The molecule has 5 rings (SSSR count). The minimum absolute atomic E-state index is 0.275. The fraction of sp³-hybridized carbons (Fsp3) is 0.682. The summed E-state index contributed by atoms with van der Waals surface area (Å²) in [5.41, 5.74) is 2.34. The first-order valence-electron chi connectivity index (χ1n) is 10.3. The van der Waals surface area contributed by atoms with Crippen LogP contribution in [0.3, 0.4) is 0 Å². The summed E-state index contributed by atoms with van der Waals surface area (Å²) in [4.78, 5) is 5.18. The van der Waals surface area contributed by atoms with Gasteiger partial charge in [-0.25, -0.2) is 5.06 Å². The van der Waals surface area contributed by atoms with Gasteiger partial charge >= 0.3 is 0 Å². The van der Waals surface area contributed by atoms with Gasteiger partial charge < -0.3 is 0 Å². The summed E-state index contributed by atoms with van der Waals surface area (Å²) in [6.45, 7) is 2.11. The number of aryl methyl sites for hydroxylation is 1. The van der Waals surface area contributed by atoms with Gasteiger partial charge in [0.15, 0.2) is 5.84 Å². The van der Waals surface area contributed by atoms with E-state index in [0.717, 1.165) is 35.6 Å². The summed E-state index contributed by atoms with van der Waals surface area (Å²) in [5, 5.41) is 12.8. The smallest absolute Gasteiger partial charge is 0.155 e. The first-order valence-corrected chi connectivity index (χ1v) is 10.3. The molecular weight excluding hydrogens is 308 g/mol. The lowest BCUT2D eigenvalue weighted by Crippen LogP contribution is -2.42. The van der Waals surface area contributed by atoms with Crippen molar-refractivity contribution in [2.45, 2.75) is 70.4 Å². The molecule has 6 atom stereocenters. The molecule has 1 N–H and O–H groups in total. The van der Waals surface area contributed by atoms with Crippen molar-refractivity contribution in [1.29, 1.82) is 0 Å². The van der Waals surface area contributed by atoms with Gasteiger partial charge in [0.1, 0.15) is 0 Å². The number of fused-ring (bicyclic) bond motifs is 4. The number of nitrogens with zero attached hydrogens (tertiary/aromatic N) is 2. The van der Waals surface area contributed by atoms with Crippen LogP contribution in [0.15, 0.2) is 29.3 Å². The van der Waals surface area contributed by atoms with Gasteiger partial charge in [-0.1, -0.05) is 42.7 Å². The van der Waals surface area contributed by atoms with E-state index in [-0.39, 0.29) is 6.04 Å².